The number of allylic oxidation sites excluding steroid dienone is 1. The van der Waals surface area contributed by atoms with Gasteiger partial charge in [0.2, 0.25) is 0 Å². The third-order valence-electron chi connectivity index (χ3n) is 2.36. The van der Waals surface area contributed by atoms with Gasteiger partial charge in [0.1, 0.15) is 0 Å². The summed E-state index contributed by atoms with van der Waals surface area (Å²) in [6, 6.07) is 1.08. The fraction of sp³-hybridized carbons (Fsp3) is 0.273. The first-order valence-electron chi connectivity index (χ1n) is 5.22. The van der Waals surface area contributed by atoms with E-state index in [-0.39, 0.29) is 12.1 Å². The van der Waals surface area contributed by atoms with Crippen LogP contribution in [0, 0.1) is 10.1 Å². The van der Waals surface area contributed by atoms with Gasteiger partial charge >= 0.3 is 11.7 Å². The predicted octanol–water partition coefficient (Wildman–Crippen LogP) is 1.18. The Hall–Kier alpha value is -2.44. The lowest BCUT2D eigenvalue weighted by molar-refractivity contribution is -0.386. The number of hydrogen-bond acceptors (Lipinski definition) is 4. The van der Waals surface area contributed by atoms with Crippen molar-refractivity contribution in [3.63, 3.8) is 0 Å². The van der Waals surface area contributed by atoms with Crippen molar-refractivity contribution in [1.29, 1.82) is 0 Å². The predicted molar refractivity (Wildman–Crippen MR) is 63.4 cm³/mol. The van der Waals surface area contributed by atoms with Crippen molar-refractivity contribution in [3.8, 4) is 0 Å². The van der Waals surface area contributed by atoms with E-state index >= 15 is 0 Å². The van der Waals surface area contributed by atoms with E-state index in [4.69, 9.17) is 5.11 Å². The molecule has 0 aliphatic heterocycles. The molecular weight excluding hydrogens is 240 g/mol. The highest BCUT2D eigenvalue weighted by Crippen LogP contribution is 2.05. The minimum Gasteiger partial charge on any atom is -0.478 e. The van der Waals surface area contributed by atoms with Gasteiger partial charge in [0.05, 0.1) is 11.1 Å². The fourth-order valence-corrected chi connectivity index (χ4v) is 1.36. The number of nitro groups is 1. The highest BCUT2D eigenvalue weighted by molar-refractivity contribution is 5.86. The lowest BCUT2D eigenvalue weighted by Gasteiger charge is -2.03. The first-order valence-corrected chi connectivity index (χ1v) is 5.22. The highest BCUT2D eigenvalue weighted by atomic mass is 16.6. The van der Waals surface area contributed by atoms with E-state index in [9.17, 15) is 19.7 Å². The summed E-state index contributed by atoms with van der Waals surface area (Å²) in [6.07, 6.45) is 4.28. The van der Waals surface area contributed by atoms with E-state index in [2.05, 4.69) is 0 Å². The number of aliphatic carboxylic acids is 1. The van der Waals surface area contributed by atoms with Gasteiger partial charge in [-0.1, -0.05) is 13.0 Å². The Morgan fingerprint density at radius 1 is 1.61 bits per heavy atom. The molecule has 0 fully saturated rings. The van der Waals surface area contributed by atoms with Crippen LogP contribution in [-0.2, 0) is 11.3 Å². The largest absolute Gasteiger partial charge is 0.478 e. The van der Waals surface area contributed by atoms with E-state index in [1.165, 1.54) is 16.8 Å². The number of carboxylic acids is 1. The molecular formula is C11H12N2O5. The van der Waals surface area contributed by atoms with Crippen LogP contribution in [0.4, 0.5) is 5.69 Å². The van der Waals surface area contributed by atoms with Crippen molar-refractivity contribution in [3.05, 3.63) is 50.4 Å². The molecule has 0 radical (unpaired) electrons. The fourth-order valence-electron chi connectivity index (χ4n) is 1.36. The zero-order valence-corrected chi connectivity index (χ0v) is 9.70. The maximum absolute atomic E-state index is 11.2. The van der Waals surface area contributed by atoms with Gasteiger partial charge in [-0.15, -0.1) is 0 Å². The number of carbonyl (C=O) groups is 1. The molecule has 0 bridgehead atoms. The van der Waals surface area contributed by atoms with Gasteiger partial charge in [0, 0.05) is 24.4 Å². The van der Waals surface area contributed by atoms with Crippen molar-refractivity contribution in [2.45, 2.75) is 19.9 Å². The van der Waals surface area contributed by atoms with Crippen molar-refractivity contribution < 1.29 is 14.8 Å². The molecule has 0 saturated heterocycles. The van der Waals surface area contributed by atoms with Crippen LogP contribution in [0.5, 0.6) is 0 Å². The molecule has 96 valence electrons. The Morgan fingerprint density at radius 3 is 2.78 bits per heavy atom. The molecule has 1 heterocycles. The van der Waals surface area contributed by atoms with Gasteiger partial charge < -0.3 is 9.67 Å². The van der Waals surface area contributed by atoms with E-state index in [1.54, 1.807) is 6.92 Å². The average Bonchev–Trinajstić information content (AvgIpc) is 2.31. The summed E-state index contributed by atoms with van der Waals surface area (Å²) in [5.74, 6) is -1.02. The van der Waals surface area contributed by atoms with Crippen LogP contribution in [0.15, 0.2) is 34.9 Å². The standard InChI is InChI=1S/C11H12N2O5/c1-2-8(11(15)16)3-5-12-6-4-10(14)9(7-12)13(17)18/h3-4,6-7H,2,5H2,1H3,(H,15,16)/b8-3-. The summed E-state index contributed by atoms with van der Waals surface area (Å²) in [7, 11) is 0. The molecule has 0 aliphatic carbocycles. The quantitative estimate of drug-likeness (QED) is 0.481. The van der Waals surface area contributed by atoms with Crippen LogP contribution in [-0.4, -0.2) is 20.6 Å². The van der Waals surface area contributed by atoms with Crippen molar-refractivity contribution in [2.24, 2.45) is 0 Å². The van der Waals surface area contributed by atoms with Crippen LogP contribution in [0.25, 0.3) is 0 Å². The SMILES string of the molecule is CC/C(=C/Cn1ccc(=O)c([N+](=O)[O-])c1)C(=O)O. The minimum absolute atomic E-state index is 0.163. The maximum atomic E-state index is 11.2. The van der Waals surface area contributed by atoms with Crippen LogP contribution >= 0.6 is 0 Å². The van der Waals surface area contributed by atoms with Crippen molar-refractivity contribution in [1.82, 2.24) is 4.57 Å². The van der Waals surface area contributed by atoms with Gasteiger partial charge in [-0.3, -0.25) is 14.9 Å². The number of hydrogen-bond donors (Lipinski definition) is 1. The molecule has 1 N–H and O–H groups in total. The molecule has 0 atom stereocenters. The molecule has 0 spiro atoms. The Morgan fingerprint density at radius 2 is 2.28 bits per heavy atom. The Balaban J connectivity index is 2.99. The third-order valence-corrected chi connectivity index (χ3v) is 2.36. The smallest absolute Gasteiger partial charge is 0.332 e. The number of rotatable bonds is 5. The van der Waals surface area contributed by atoms with Gasteiger partial charge in [0.25, 0.3) is 5.43 Å². The Kier molecular flexibility index (Phi) is 4.36. The minimum atomic E-state index is -1.02. The first kappa shape index (κ1) is 13.6. The average molecular weight is 252 g/mol. The van der Waals surface area contributed by atoms with E-state index in [1.807, 2.05) is 0 Å². The van der Waals surface area contributed by atoms with Gasteiger partial charge in [-0.25, -0.2) is 4.79 Å². The first-order chi connectivity index (χ1) is 8.45. The summed E-state index contributed by atoms with van der Waals surface area (Å²) in [4.78, 5) is 31.7. The summed E-state index contributed by atoms with van der Waals surface area (Å²) < 4.78 is 1.39. The molecule has 0 saturated carbocycles. The number of carboxylic acid groups (broad SMARTS) is 1. The summed E-state index contributed by atoms with van der Waals surface area (Å²) in [6.45, 7) is 1.87. The van der Waals surface area contributed by atoms with Crippen LogP contribution in [0.2, 0.25) is 0 Å². The van der Waals surface area contributed by atoms with Crippen molar-refractivity contribution >= 4 is 11.7 Å². The van der Waals surface area contributed by atoms with Gasteiger partial charge in [0.15, 0.2) is 0 Å². The summed E-state index contributed by atoms with van der Waals surface area (Å²) in [5, 5.41) is 19.4. The summed E-state index contributed by atoms with van der Waals surface area (Å²) >= 11 is 0. The highest BCUT2D eigenvalue weighted by Gasteiger charge is 2.11. The van der Waals surface area contributed by atoms with Gasteiger partial charge in [-0.2, -0.15) is 0 Å². The third kappa shape index (κ3) is 3.27. The monoisotopic (exact) mass is 252 g/mol. The van der Waals surface area contributed by atoms with Crippen molar-refractivity contribution in [2.75, 3.05) is 0 Å². The topological polar surface area (TPSA) is 102 Å². The molecule has 7 heteroatoms. The van der Waals surface area contributed by atoms with E-state index in [0.717, 1.165) is 12.3 Å². The normalized spacial score (nSPS) is 11.3. The molecule has 1 aromatic heterocycles. The second-order valence-corrected chi connectivity index (χ2v) is 3.54. The number of pyridine rings is 1. The second-order valence-electron chi connectivity index (χ2n) is 3.54. The van der Waals surface area contributed by atoms with Crippen LogP contribution < -0.4 is 5.43 Å². The second kappa shape index (κ2) is 5.76. The molecule has 0 amide bonds. The lowest BCUT2D eigenvalue weighted by Crippen LogP contribution is -2.11. The number of nitrogens with zero attached hydrogens (tertiary/aromatic N) is 2. The zero-order chi connectivity index (χ0) is 13.7. The van der Waals surface area contributed by atoms with E-state index < -0.39 is 22.0 Å². The van der Waals surface area contributed by atoms with Gasteiger partial charge in [-0.05, 0) is 6.42 Å². The Labute approximate surface area is 102 Å². The van der Waals surface area contributed by atoms with Crippen LogP contribution in [0.1, 0.15) is 13.3 Å². The zero-order valence-electron chi connectivity index (χ0n) is 9.70. The van der Waals surface area contributed by atoms with Crippen LogP contribution in [0.3, 0.4) is 0 Å². The molecule has 1 aromatic rings. The molecule has 7 nitrogen and oxygen atoms in total. The summed E-state index contributed by atoms with van der Waals surface area (Å²) in [5.41, 5.74) is -0.982. The molecule has 0 aromatic carbocycles. The Bertz CT molecular complexity index is 559. The number of aromatic nitrogens is 1. The molecule has 1 rings (SSSR count). The van der Waals surface area contributed by atoms with E-state index in [0.29, 0.717) is 6.42 Å². The molecule has 0 aliphatic rings. The molecule has 0 unspecified atom stereocenters. The maximum Gasteiger partial charge on any atom is 0.332 e. The lowest BCUT2D eigenvalue weighted by atomic mass is 10.2. The molecule has 18 heavy (non-hydrogen) atoms.